The molecular weight excluding hydrogens is 452 g/mol. The molecular formula is C24H34N6O3S. The summed E-state index contributed by atoms with van der Waals surface area (Å²) in [5.41, 5.74) is 7.91. The van der Waals surface area contributed by atoms with Gasteiger partial charge in [0.05, 0.1) is 17.4 Å². The first-order valence-corrected chi connectivity index (χ1v) is 12.7. The summed E-state index contributed by atoms with van der Waals surface area (Å²) >= 11 is 1.63. The van der Waals surface area contributed by atoms with Crippen molar-refractivity contribution in [2.45, 2.75) is 58.7 Å². The topological polar surface area (TPSA) is 124 Å². The van der Waals surface area contributed by atoms with Gasteiger partial charge in [-0.15, -0.1) is 0 Å². The third-order valence-corrected chi connectivity index (χ3v) is 6.26. The van der Waals surface area contributed by atoms with Gasteiger partial charge >= 0.3 is 6.09 Å². The number of fused-ring (bicyclic) bond motifs is 3. The molecule has 0 aliphatic carbocycles. The van der Waals surface area contributed by atoms with Crippen molar-refractivity contribution in [3.05, 3.63) is 30.6 Å². The van der Waals surface area contributed by atoms with Gasteiger partial charge in [-0.25, -0.2) is 14.8 Å². The number of imidazole rings is 1. The van der Waals surface area contributed by atoms with Crippen LogP contribution in [0.4, 0.5) is 10.6 Å². The first-order chi connectivity index (χ1) is 16.2. The number of para-hydroxylation sites is 1. The van der Waals surface area contributed by atoms with Crippen molar-refractivity contribution in [2.24, 2.45) is 0 Å². The van der Waals surface area contributed by atoms with Crippen LogP contribution in [-0.4, -0.2) is 56.2 Å². The minimum atomic E-state index is -0.657. The lowest BCUT2D eigenvalue weighted by atomic mass is 10.2. The van der Waals surface area contributed by atoms with Crippen LogP contribution in [0, 0.1) is 0 Å². The van der Waals surface area contributed by atoms with E-state index < -0.39 is 17.7 Å². The molecule has 0 saturated heterocycles. The van der Waals surface area contributed by atoms with Gasteiger partial charge in [-0.2, -0.15) is 11.8 Å². The number of nitrogens with two attached hydrogens (primary N) is 1. The Morgan fingerprint density at radius 2 is 2.03 bits per heavy atom. The summed E-state index contributed by atoms with van der Waals surface area (Å²) in [5.74, 6) is 1.59. The number of nitrogen functional groups attached to an aromatic ring is 1. The standard InChI is InChI=1S/C24H34N6O3S/c1-5-13-34-14-18(29-23(32)33-24(2,3)4)22(31)26-11-8-12-30-15-27-19-20(30)16-9-6-7-10-17(16)28-21(19)25/h6-7,9-10,15,18H,5,8,11-14H2,1-4H3,(H2,25,28)(H,26,31)(H,29,32)/t18-/m0/s1. The van der Waals surface area contributed by atoms with E-state index in [9.17, 15) is 9.59 Å². The molecule has 3 aromatic rings. The normalized spacial score (nSPS) is 12.6. The lowest BCUT2D eigenvalue weighted by Crippen LogP contribution is -2.49. The second-order valence-corrected chi connectivity index (χ2v) is 10.2. The van der Waals surface area contributed by atoms with Crippen molar-refractivity contribution >= 4 is 51.5 Å². The van der Waals surface area contributed by atoms with Crippen molar-refractivity contribution in [3.8, 4) is 0 Å². The Kier molecular flexibility index (Phi) is 8.60. The monoisotopic (exact) mass is 486 g/mol. The molecule has 10 heteroatoms. The Labute approximate surface area is 204 Å². The summed E-state index contributed by atoms with van der Waals surface area (Å²) in [4.78, 5) is 33.9. The molecule has 9 nitrogen and oxygen atoms in total. The Morgan fingerprint density at radius 3 is 2.76 bits per heavy atom. The van der Waals surface area contributed by atoms with E-state index in [2.05, 4.69) is 27.5 Å². The number of rotatable bonds is 10. The number of ether oxygens (including phenoxy) is 1. The quantitative estimate of drug-likeness (QED) is 0.373. The number of hydrogen-bond donors (Lipinski definition) is 3. The van der Waals surface area contributed by atoms with Gasteiger partial charge in [0.25, 0.3) is 0 Å². The predicted molar refractivity (Wildman–Crippen MR) is 138 cm³/mol. The van der Waals surface area contributed by atoms with Gasteiger partial charge in [-0.1, -0.05) is 25.1 Å². The molecule has 34 heavy (non-hydrogen) atoms. The lowest BCUT2D eigenvalue weighted by Gasteiger charge is -2.23. The Hall–Kier alpha value is -3.01. The molecule has 0 radical (unpaired) electrons. The van der Waals surface area contributed by atoms with E-state index in [-0.39, 0.29) is 5.91 Å². The summed E-state index contributed by atoms with van der Waals surface area (Å²) in [5, 5.41) is 6.64. The molecule has 3 rings (SSSR count). The van der Waals surface area contributed by atoms with Crippen LogP contribution >= 0.6 is 11.8 Å². The number of alkyl carbamates (subject to hydrolysis) is 1. The summed E-state index contributed by atoms with van der Waals surface area (Å²) in [6.07, 6.45) is 2.85. The number of pyridine rings is 1. The van der Waals surface area contributed by atoms with Gasteiger partial charge in [0.2, 0.25) is 5.91 Å². The molecule has 0 fully saturated rings. The maximum atomic E-state index is 12.8. The Balaban J connectivity index is 1.60. The fraction of sp³-hybridized carbons (Fsp3) is 0.500. The average molecular weight is 487 g/mol. The fourth-order valence-electron chi connectivity index (χ4n) is 3.54. The third kappa shape index (κ3) is 6.75. The lowest BCUT2D eigenvalue weighted by molar-refractivity contribution is -0.122. The molecule has 0 spiro atoms. The van der Waals surface area contributed by atoms with Crippen LogP contribution in [0.5, 0.6) is 0 Å². The smallest absolute Gasteiger partial charge is 0.408 e. The maximum Gasteiger partial charge on any atom is 0.408 e. The fourth-order valence-corrected chi connectivity index (χ4v) is 4.46. The largest absolute Gasteiger partial charge is 0.444 e. The second kappa shape index (κ2) is 11.4. The second-order valence-electron chi connectivity index (χ2n) is 9.07. The number of carbonyl (C=O) groups excluding carboxylic acids is 2. The van der Waals surface area contributed by atoms with Crippen LogP contribution in [0.25, 0.3) is 21.9 Å². The van der Waals surface area contributed by atoms with Crippen molar-refractivity contribution in [1.29, 1.82) is 0 Å². The van der Waals surface area contributed by atoms with Gasteiger partial charge in [-0.05, 0) is 45.4 Å². The van der Waals surface area contributed by atoms with Gasteiger partial charge in [0.15, 0.2) is 5.82 Å². The van der Waals surface area contributed by atoms with Crippen LogP contribution in [-0.2, 0) is 16.1 Å². The maximum absolute atomic E-state index is 12.8. The molecule has 1 aromatic carbocycles. The predicted octanol–water partition coefficient (Wildman–Crippen LogP) is 3.71. The van der Waals surface area contributed by atoms with E-state index in [4.69, 9.17) is 10.5 Å². The van der Waals surface area contributed by atoms with Crippen LogP contribution in [0.1, 0.15) is 40.5 Å². The molecule has 2 heterocycles. The molecule has 0 bridgehead atoms. The van der Waals surface area contributed by atoms with Crippen LogP contribution in [0.2, 0.25) is 0 Å². The number of aryl methyl sites for hydroxylation is 1. The number of hydrogen-bond acceptors (Lipinski definition) is 7. The molecule has 0 aliphatic rings. The number of thioether (sulfide) groups is 1. The molecule has 1 atom stereocenters. The van der Waals surface area contributed by atoms with E-state index in [1.54, 1.807) is 38.9 Å². The van der Waals surface area contributed by atoms with E-state index in [0.717, 1.165) is 28.6 Å². The highest BCUT2D eigenvalue weighted by Gasteiger charge is 2.24. The SMILES string of the molecule is CCCSC[C@H](NC(=O)OC(C)(C)C)C(=O)NCCCn1cnc2c(N)nc3ccccc3c21. The van der Waals surface area contributed by atoms with E-state index in [0.29, 0.717) is 36.6 Å². The molecule has 184 valence electrons. The average Bonchev–Trinajstić information content (AvgIpc) is 3.20. The highest BCUT2D eigenvalue weighted by atomic mass is 32.2. The zero-order chi connectivity index (χ0) is 24.7. The summed E-state index contributed by atoms with van der Waals surface area (Å²) in [7, 11) is 0. The van der Waals surface area contributed by atoms with Crippen molar-refractivity contribution in [3.63, 3.8) is 0 Å². The molecule has 0 aliphatic heterocycles. The molecule has 2 amide bonds. The minimum absolute atomic E-state index is 0.219. The van der Waals surface area contributed by atoms with Gasteiger partial charge in [0.1, 0.15) is 17.2 Å². The molecule has 2 aromatic heterocycles. The van der Waals surface area contributed by atoms with E-state index in [1.807, 2.05) is 28.8 Å². The van der Waals surface area contributed by atoms with Crippen molar-refractivity contribution < 1.29 is 14.3 Å². The zero-order valence-corrected chi connectivity index (χ0v) is 21.1. The third-order valence-electron chi connectivity index (χ3n) is 5.00. The van der Waals surface area contributed by atoms with E-state index in [1.165, 1.54) is 0 Å². The first kappa shape index (κ1) is 25.6. The van der Waals surface area contributed by atoms with E-state index >= 15 is 0 Å². The van der Waals surface area contributed by atoms with Gasteiger partial charge in [0, 0.05) is 24.2 Å². The van der Waals surface area contributed by atoms with Gasteiger partial charge in [-0.3, -0.25) is 4.79 Å². The highest BCUT2D eigenvalue weighted by Crippen LogP contribution is 2.27. The van der Waals surface area contributed by atoms with Crippen LogP contribution < -0.4 is 16.4 Å². The van der Waals surface area contributed by atoms with Crippen molar-refractivity contribution in [2.75, 3.05) is 23.8 Å². The number of anilines is 1. The summed E-state index contributed by atoms with van der Waals surface area (Å²) in [6.45, 7) is 8.57. The number of nitrogens with zero attached hydrogens (tertiary/aromatic N) is 3. The number of carbonyl (C=O) groups is 2. The summed E-state index contributed by atoms with van der Waals surface area (Å²) < 4.78 is 7.36. The van der Waals surface area contributed by atoms with Gasteiger partial charge < -0.3 is 25.7 Å². The highest BCUT2D eigenvalue weighted by molar-refractivity contribution is 7.99. The first-order valence-electron chi connectivity index (χ1n) is 11.5. The summed E-state index contributed by atoms with van der Waals surface area (Å²) in [6, 6.07) is 7.17. The Morgan fingerprint density at radius 1 is 1.26 bits per heavy atom. The van der Waals surface area contributed by atoms with Crippen LogP contribution in [0.15, 0.2) is 30.6 Å². The zero-order valence-electron chi connectivity index (χ0n) is 20.3. The van der Waals surface area contributed by atoms with Crippen molar-refractivity contribution in [1.82, 2.24) is 25.2 Å². The molecule has 0 unspecified atom stereocenters. The number of aromatic nitrogens is 3. The Bertz CT molecular complexity index is 1140. The number of nitrogens with one attached hydrogen (secondary N) is 2. The molecule has 4 N–H and O–H groups in total. The number of amides is 2. The minimum Gasteiger partial charge on any atom is -0.444 e. The van der Waals surface area contributed by atoms with Crippen LogP contribution in [0.3, 0.4) is 0 Å². The number of benzene rings is 1. The molecule has 0 saturated carbocycles.